The highest BCUT2D eigenvalue weighted by molar-refractivity contribution is 7.90. The maximum atomic E-state index is 11.6. The zero-order chi connectivity index (χ0) is 14.9. The first kappa shape index (κ1) is 14.0. The predicted molar refractivity (Wildman–Crippen MR) is 69.6 cm³/mol. The van der Waals surface area contributed by atoms with Gasteiger partial charge in [-0.25, -0.2) is 13.2 Å². The number of furan rings is 1. The molecule has 1 heterocycles. The standard InChI is InChI=1S/C13H10O6S/c1-20(17,18)11-5-8(4-9(6-11)13(15)16)12-3-2-10(7-14)19-12/h2-7H,1H3,(H,15,16). The SMILES string of the molecule is CS(=O)(=O)c1cc(C(=O)O)cc(-c2ccc(C=O)o2)c1. The van der Waals surface area contributed by atoms with Crippen LogP contribution < -0.4 is 0 Å². The number of rotatable bonds is 4. The van der Waals surface area contributed by atoms with E-state index in [9.17, 15) is 18.0 Å². The van der Waals surface area contributed by atoms with E-state index in [1.807, 2.05) is 0 Å². The number of carbonyl (C=O) groups excluding carboxylic acids is 1. The van der Waals surface area contributed by atoms with Crippen molar-refractivity contribution in [2.45, 2.75) is 4.90 Å². The summed E-state index contributed by atoms with van der Waals surface area (Å²) in [5.74, 6) is -0.958. The predicted octanol–water partition coefficient (Wildman–Crippen LogP) is 1.86. The van der Waals surface area contributed by atoms with E-state index in [1.165, 1.54) is 24.3 Å². The molecule has 0 fully saturated rings. The van der Waals surface area contributed by atoms with Crippen LogP contribution in [0, 0.1) is 0 Å². The first-order chi connectivity index (χ1) is 9.31. The number of carboxylic acid groups (broad SMARTS) is 1. The van der Waals surface area contributed by atoms with Crippen LogP contribution in [0.2, 0.25) is 0 Å². The van der Waals surface area contributed by atoms with E-state index < -0.39 is 15.8 Å². The van der Waals surface area contributed by atoms with Crippen molar-refractivity contribution < 1.29 is 27.5 Å². The molecule has 0 saturated heterocycles. The highest BCUT2D eigenvalue weighted by Gasteiger charge is 2.16. The zero-order valence-electron chi connectivity index (χ0n) is 10.4. The normalized spacial score (nSPS) is 11.2. The molecule has 0 aliphatic rings. The lowest BCUT2D eigenvalue weighted by atomic mass is 10.1. The Morgan fingerprint density at radius 1 is 1.25 bits per heavy atom. The van der Waals surface area contributed by atoms with Gasteiger partial charge in [-0.1, -0.05) is 0 Å². The summed E-state index contributed by atoms with van der Waals surface area (Å²) in [6, 6.07) is 6.54. The lowest BCUT2D eigenvalue weighted by molar-refractivity contribution is 0.0696. The van der Waals surface area contributed by atoms with Crippen LogP contribution in [0.3, 0.4) is 0 Å². The maximum absolute atomic E-state index is 11.6. The molecule has 1 N–H and O–H groups in total. The highest BCUT2D eigenvalue weighted by Crippen LogP contribution is 2.26. The minimum atomic E-state index is -3.56. The number of hydrogen-bond acceptors (Lipinski definition) is 5. The molecule has 0 aliphatic heterocycles. The number of aldehydes is 1. The van der Waals surface area contributed by atoms with E-state index in [4.69, 9.17) is 9.52 Å². The summed E-state index contributed by atoms with van der Waals surface area (Å²) in [6.45, 7) is 0. The Morgan fingerprint density at radius 3 is 2.45 bits per heavy atom. The molecule has 1 aromatic heterocycles. The number of benzene rings is 1. The molecule has 0 amide bonds. The molecule has 2 rings (SSSR count). The van der Waals surface area contributed by atoms with Crippen LogP contribution in [0.5, 0.6) is 0 Å². The van der Waals surface area contributed by atoms with Gasteiger partial charge in [0.2, 0.25) is 0 Å². The summed E-state index contributed by atoms with van der Waals surface area (Å²) >= 11 is 0. The monoisotopic (exact) mass is 294 g/mol. The molecule has 0 atom stereocenters. The number of hydrogen-bond donors (Lipinski definition) is 1. The summed E-state index contributed by atoms with van der Waals surface area (Å²) in [7, 11) is -3.56. The van der Waals surface area contributed by atoms with Crippen LogP contribution in [0.4, 0.5) is 0 Å². The molecule has 0 bridgehead atoms. The smallest absolute Gasteiger partial charge is 0.335 e. The molecule has 2 aromatic rings. The highest BCUT2D eigenvalue weighted by atomic mass is 32.2. The molecule has 0 radical (unpaired) electrons. The molecule has 0 saturated carbocycles. The van der Waals surface area contributed by atoms with E-state index in [2.05, 4.69) is 0 Å². The van der Waals surface area contributed by atoms with Crippen LogP contribution in [0.15, 0.2) is 39.6 Å². The molecular formula is C13H10O6S. The van der Waals surface area contributed by atoms with Gasteiger partial charge in [0.15, 0.2) is 21.9 Å². The molecular weight excluding hydrogens is 284 g/mol. The van der Waals surface area contributed by atoms with Gasteiger partial charge in [0, 0.05) is 11.8 Å². The molecule has 6 nitrogen and oxygen atoms in total. The topological polar surface area (TPSA) is 102 Å². The van der Waals surface area contributed by atoms with E-state index in [1.54, 1.807) is 0 Å². The fourth-order valence-corrected chi connectivity index (χ4v) is 2.33. The van der Waals surface area contributed by atoms with Crippen LogP contribution in [-0.4, -0.2) is 32.0 Å². The first-order valence-corrected chi connectivity index (χ1v) is 7.34. The van der Waals surface area contributed by atoms with Gasteiger partial charge in [0.1, 0.15) is 5.76 Å². The maximum Gasteiger partial charge on any atom is 0.335 e. The Labute approximate surface area is 114 Å². The zero-order valence-corrected chi connectivity index (χ0v) is 11.2. The third-order valence-electron chi connectivity index (χ3n) is 2.61. The van der Waals surface area contributed by atoms with Crippen LogP contribution in [-0.2, 0) is 9.84 Å². The van der Waals surface area contributed by atoms with Gasteiger partial charge in [0.25, 0.3) is 0 Å². The van der Waals surface area contributed by atoms with Gasteiger partial charge in [-0.2, -0.15) is 0 Å². The van der Waals surface area contributed by atoms with Crippen molar-refractivity contribution in [3.63, 3.8) is 0 Å². The largest absolute Gasteiger partial charge is 0.478 e. The average molecular weight is 294 g/mol. The fourth-order valence-electron chi connectivity index (χ4n) is 1.65. The van der Waals surface area contributed by atoms with E-state index in [0.717, 1.165) is 12.3 Å². The number of carboxylic acids is 1. The summed E-state index contributed by atoms with van der Waals surface area (Å²) < 4.78 is 28.3. The molecule has 7 heteroatoms. The fraction of sp³-hybridized carbons (Fsp3) is 0.0769. The van der Waals surface area contributed by atoms with Crippen LogP contribution in [0.1, 0.15) is 20.9 Å². The van der Waals surface area contributed by atoms with Gasteiger partial charge in [-0.3, -0.25) is 4.79 Å². The molecule has 0 unspecified atom stereocenters. The number of aromatic carboxylic acids is 1. The minimum Gasteiger partial charge on any atom is -0.478 e. The van der Waals surface area contributed by atoms with Gasteiger partial charge < -0.3 is 9.52 Å². The third kappa shape index (κ3) is 2.77. The van der Waals surface area contributed by atoms with Gasteiger partial charge >= 0.3 is 5.97 Å². The van der Waals surface area contributed by atoms with Crippen molar-refractivity contribution >= 4 is 22.1 Å². The Balaban J connectivity index is 2.66. The number of sulfone groups is 1. The van der Waals surface area contributed by atoms with E-state index in [0.29, 0.717) is 6.29 Å². The van der Waals surface area contributed by atoms with Crippen molar-refractivity contribution in [2.24, 2.45) is 0 Å². The second-order valence-corrected chi connectivity index (χ2v) is 6.16. The first-order valence-electron chi connectivity index (χ1n) is 5.45. The van der Waals surface area contributed by atoms with Crippen molar-refractivity contribution in [1.29, 1.82) is 0 Å². The van der Waals surface area contributed by atoms with Crippen molar-refractivity contribution in [3.05, 3.63) is 41.7 Å². The summed E-state index contributed by atoms with van der Waals surface area (Å²) in [5.41, 5.74) is 0.102. The van der Waals surface area contributed by atoms with Gasteiger partial charge in [0.05, 0.1) is 10.5 Å². The quantitative estimate of drug-likeness (QED) is 0.863. The van der Waals surface area contributed by atoms with E-state index in [-0.39, 0.29) is 27.5 Å². The second kappa shape index (κ2) is 4.93. The number of carbonyl (C=O) groups is 2. The lowest BCUT2D eigenvalue weighted by Gasteiger charge is -2.04. The van der Waals surface area contributed by atoms with Crippen molar-refractivity contribution in [2.75, 3.05) is 6.26 Å². The molecule has 1 aromatic carbocycles. The molecule has 20 heavy (non-hydrogen) atoms. The van der Waals surface area contributed by atoms with Crippen molar-refractivity contribution in [1.82, 2.24) is 0 Å². The van der Waals surface area contributed by atoms with E-state index >= 15 is 0 Å². The molecule has 0 aliphatic carbocycles. The Kier molecular flexibility index (Phi) is 3.46. The Morgan fingerprint density at radius 2 is 1.95 bits per heavy atom. The second-order valence-electron chi connectivity index (χ2n) is 4.14. The summed E-state index contributed by atoms with van der Waals surface area (Å²) in [5, 5.41) is 9.02. The molecule has 0 spiro atoms. The average Bonchev–Trinajstić information content (AvgIpc) is 2.86. The lowest BCUT2D eigenvalue weighted by Crippen LogP contribution is -2.02. The van der Waals surface area contributed by atoms with Gasteiger partial charge in [-0.05, 0) is 30.3 Å². The molecule has 104 valence electrons. The Hall–Kier alpha value is -2.41. The Bertz CT molecular complexity index is 785. The third-order valence-corrected chi connectivity index (χ3v) is 3.70. The summed E-state index contributed by atoms with van der Waals surface area (Å²) in [6.07, 6.45) is 1.48. The summed E-state index contributed by atoms with van der Waals surface area (Å²) in [4.78, 5) is 21.5. The van der Waals surface area contributed by atoms with Crippen molar-refractivity contribution in [3.8, 4) is 11.3 Å². The minimum absolute atomic E-state index is 0.0710. The van der Waals surface area contributed by atoms with Crippen LogP contribution in [0.25, 0.3) is 11.3 Å². The van der Waals surface area contributed by atoms with Gasteiger partial charge in [-0.15, -0.1) is 0 Å². The van der Waals surface area contributed by atoms with Crippen LogP contribution >= 0.6 is 0 Å².